The van der Waals surface area contributed by atoms with Crippen molar-refractivity contribution in [2.24, 2.45) is 0 Å². The van der Waals surface area contributed by atoms with Gasteiger partial charge in [-0.25, -0.2) is 9.48 Å². The van der Waals surface area contributed by atoms with Crippen LogP contribution in [0.25, 0.3) is 15.9 Å². The molecule has 5 rings (SSSR count). The fraction of sp³-hybridized carbons (Fsp3) is 0.130. The summed E-state index contributed by atoms with van der Waals surface area (Å²) < 4.78 is 12.3. The van der Waals surface area contributed by atoms with Crippen molar-refractivity contribution in [3.05, 3.63) is 69.7 Å². The van der Waals surface area contributed by atoms with Gasteiger partial charge in [0.2, 0.25) is 0 Å². The Morgan fingerprint density at radius 3 is 2.91 bits per heavy atom. The van der Waals surface area contributed by atoms with E-state index in [2.05, 4.69) is 10.4 Å². The van der Waals surface area contributed by atoms with E-state index in [1.165, 1.54) is 17.4 Å². The van der Waals surface area contributed by atoms with Gasteiger partial charge in [0, 0.05) is 16.0 Å². The van der Waals surface area contributed by atoms with Gasteiger partial charge in [0.15, 0.2) is 19.0 Å². The van der Waals surface area contributed by atoms with Gasteiger partial charge in [0.05, 0.1) is 17.1 Å². The molecule has 166 valence electrons. The third-order valence-corrected chi connectivity index (χ3v) is 6.39. The van der Waals surface area contributed by atoms with E-state index < -0.39 is 18.4 Å². The number of ketones is 1. The summed E-state index contributed by atoms with van der Waals surface area (Å²) in [6.45, 7) is 1.36. The molecule has 0 bridgehead atoms. The molecule has 1 N–H and O–H groups in total. The van der Waals surface area contributed by atoms with Crippen molar-refractivity contribution in [3.8, 4) is 11.4 Å². The van der Waals surface area contributed by atoms with E-state index in [1.807, 2.05) is 19.1 Å². The highest BCUT2D eigenvalue weighted by Crippen LogP contribution is 2.32. The number of hydrogen-bond donors (Lipinski definition) is 1. The monoisotopic (exact) mass is 481 g/mol. The molecule has 1 amide bonds. The average molecular weight is 482 g/mol. The maximum atomic E-state index is 12.6. The standard InChI is InChI=1S/C23H16ClN3O5S/c1-12-16-9-20(33-22(16)27(26-12)15-4-2-3-14(24)8-15)23(30)32-10-18(28)13-5-6-19-17(7-13)25-21(29)11-31-19/h2-9H,10-11H2,1H3,(H,25,29). The van der Waals surface area contributed by atoms with E-state index in [4.69, 9.17) is 21.1 Å². The van der Waals surface area contributed by atoms with Gasteiger partial charge in [0.1, 0.15) is 15.5 Å². The third kappa shape index (κ3) is 4.08. The first-order valence-electron chi connectivity index (χ1n) is 9.91. The van der Waals surface area contributed by atoms with Crippen molar-refractivity contribution in [1.29, 1.82) is 0 Å². The van der Waals surface area contributed by atoms with Crippen molar-refractivity contribution in [2.75, 3.05) is 18.5 Å². The molecular formula is C23H16ClN3O5S. The molecule has 2 aromatic carbocycles. The predicted molar refractivity (Wildman–Crippen MR) is 124 cm³/mol. The van der Waals surface area contributed by atoms with Crippen LogP contribution >= 0.6 is 22.9 Å². The van der Waals surface area contributed by atoms with E-state index in [0.29, 0.717) is 26.9 Å². The summed E-state index contributed by atoms with van der Waals surface area (Å²) in [5.74, 6) is -0.808. The summed E-state index contributed by atoms with van der Waals surface area (Å²) in [4.78, 5) is 37.8. The zero-order chi connectivity index (χ0) is 23.1. The van der Waals surface area contributed by atoms with Crippen molar-refractivity contribution in [1.82, 2.24) is 9.78 Å². The van der Waals surface area contributed by atoms with Gasteiger partial charge in [-0.05, 0) is 49.4 Å². The van der Waals surface area contributed by atoms with Gasteiger partial charge >= 0.3 is 5.97 Å². The molecule has 0 aliphatic carbocycles. The minimum absolute atomic E-state index is 0.0678. The number of Topliss-reactive ketones (excluding diaryl/α,β-unsaturated/α-hetero) is 1. The van der Waals surface area contributed by atoms with Gasteiger partial charge in [-0.2, -0.15) is 5.10 Å². The lowest BCUT2D eigenvalue weighted by molar-refractivity contribution is -0.118. The molecule has 4 aromatic rings. The lowest BCUT2D eigenvalue weighted by atomic mass is 10.1. The van der Waals surface area contributed by atoms with Crippen molar-refractivity contribution in [2.45, 2.75) is 6.92 Å². The van der Waals surface area contributed by atoms with Gasteiger partial charge in [-0.1, -0.05) is 17.7 Å². The third-order valence-electron chi connectivity index (χ3n) is 5.07. The van der Waals surface area contributed by atoms with Crippen molar-refractivity contribution < 1.29 is 23.9 Å². The maximum Gasteiger partial charge on any atom is 0.348 e. The molecule has 8 nitrogen and oxygen atoms in total. The number of nitrogens with zero attached hydrogens (tertiary/aromatic N) is 2. The fourth-order valence-electron chi connectivity index (χ4n) is 3.47. The number of hydrogen-bond acceptors (Lipinski definition) is 7. The molecule has 0 unspecified atom stereocenters. The Labute approximate surface area is 196 Å². The van der Waals surface area contributed by atoms with E-state index >= 15 is 0 Å². The zero-order valence-electron chi connectivity index (χ0n) is 17.3. The van der Waals surface area contributed by atoms with Crippen LogP contribution in [0.4, 0.5) is 5.69 Å². The number of carbonyl (C=O) groups is 3. The SMILES string of the molecule is Cc1nn(-c2cccc(Cl)c2)c2sc(C(=O)OCC(=O)c3ccc4c(c3)NC(=O)CO4)cc12. The molecule has 0 saturated heterocycles. The largest absolute Gasteiger partial charge is 0.482 e. The van der Waals surface area contributed by atoms with Crippen LogP contribution in [0.15, 0.2) is 48.5 Å². The average Bonchev–Trinajstić information content (AvgIpc) is 3.37. The number of rotatable bonds is 5. The Morgan fingerprint density at radius 1 is 1.24 bits per heavy atom. The summed E-state index contributed by atoms with van der Waals surface area (Å²) in [5.41, 5.74) is 2.25. The number of halogens is 1. The topological polar surface area (TPSA) is 99.5 Å². The Kier molecular flexibility index (Phi) is 5.35. The van der Waals surface area contributed by atoms with Crippen LogP contribution in [0.5, 0.6) is 5.75 Å². The molecule has 0 atom stereocenters. The molecule has 0 saturated carbocycles. The smallest absolute Gasteiger partial charge is 0.348 e. The summed E-state index contributed by atoms with van der Waals surface area (Å²) in [5, 5.41) is 8.59. The number of anilines is 1. The number of esters is 1. The summed E-state index contributed by atoms with van der Waals surface area (Å²) in [6, 6.07) is 13.6. The summed E-state index contributed by atoms with van der Waals surface area (Å²) in [6.07, 6.45) is 0. The number of ether oxygens (including phenoxy) is 2. The highest BCUT2D eigenvalue weighted by molar-refractivity contribution is 7.20. The highest BCUT2D eigenvalue weighted by atomic mass is 35.5. The van der Waals surface area contributed by atoms with E-state index in [0.717, 1.165) is 21.6 Å². The number of benzene rings is 2. The minimum atomic E-state index is -0.601. The predicted octanol–water partition coefficient (Wildman–Crippen LogP) is 4.42. The van der Waals surface area contributed by atoms with Crippen LogP contribution < -0.4 is 10.1 Å². The lowest BCUT2D eigenvalue weighted by Crippen LogP contribution is -2.25. The molecule has 10 heteroatoms. The summed E-state index contributed by atoms with van der Waals surface area (Å²) >= 11 is 7.33. The number of fused-ring (bicyclic) bond motifs is 2. The van der Waals surface area contributed by atoms with Crippen LogP contribution in [0.2, 0.25) is 5.02 Å². The Bertz CT molecular complexity index is 1440. The van der Waals surface area contributed by atoms with Crippen molar-refractivity contribution >= 4 is 56.5 Å². The van der Waals surface area contributed by atoms with E-state index in [9.17, 15) is 14.4 Å². The number of aromatic nitrogens is 2. The van der Waals surface area contributed by atoms with Crippen LogP contribution in [0, 0.1) is 6.92 Å². The first-order chi connectivity index (χ1) is 15.9. The Morgan fingerprint density at radius 2 is 2.09 bits per heavy atom. The van der Waals surface area contributed by atoms with Crippen LogP contribution in [-0.2, 0) is 9.53 Å². The second-order valence-electron chi connectivity index (χ2n) is 7.35. The Hall–Kier alpha value is -3.69. The number of carbonyl (C=O) groups excluding carboxylic acids is 3. The molecule has 3 heterocycles. The second-order valence-corrected chi connectivity index (χ2v) is 8.82. The lowest BCUT2D eigenvalue weighted by Gasteiger charge is -2.18. The maximum absolute atomic E-state index is 12.6. The molecule has 0 fully saturated rings. The molecule has 0 spiro atoms. The molecule has 1 aliphatic rings. The summed E-state index contributed by atoms with van der Waals surface area (Å²) in [7, 11) is 0. The van der Waals surface area contributed by atoms with Gasteiger partial charge in [-0.3, -0.25) is 9.59 Å². The highest BCUT2D eigenvalue weighted by Gasteiger charge is 2.21. The van der Waals surface area contributed by atoms with Crippen LogP contribution in [-0.4, -0.2) is 40.7 Å². The van der Waals surface area contributed by atoms with Crippen LogP contribution in [0.1, 0.15) is 25.7 Å². The molecule has 0 radical (unpaired) electrons. The second kappa shape index (κ2) is 8.34. The number of thiophene rings is 1. The molecule has 33 heavy (non-hydrogen) atoms. The first-order valence-corrected chi connectivity index (χ1v) is 11.1. The molecular weight excluding hydrogens is 466 g/mol. The normalized spacial score (nSPS) is 12.7. The molecule has 2 aromatic heterocycles. The van der Waals surface area contributed by atoms with Gasteiger partial charge in [-0.15, -0.1) is 11.3 Å². The van der Waals surface area contributed by atoms with E-state index in [-0.39, 0.29) is 12.5 Å². The first kappa shape index (κ1) is 21.2. The zero-order valence-corrected chi connectivity index (χ0v) is 18.8. The number of nitrogens with one attached hydrogen (secondary N) is 1. The minimum Gasteiger partial charge on any atom is -0.482 e. The Balaban J connectivity index is 1.33. The van der Waals surface area contributed by atoms with Crippen molar-refractivity contribution in [3.63, 3.8) is 0 Å². The quantitative estimate of drug-likeness (QED) is 0.334. The fourth-order valence-corrected chi connectivity index (χ4v) is 4.73. The van der Waals surface area contributed by atoms with Gasteiger partial charge < -0.3 is 14.8 Å². The number of amides is 1. The van der Waals surface area contributed by atoms with Gasteiger partial charge in [0.25, 0.3) is 5.91 Å². The number of aryl methyl sites for hydroxylation is 1. The van der Waals surface area contributed by atoms with Crippen LogP contribution in [0.3, 0.4) is 0 Å². The molecule has 1 aliphatic heterocycles. The van der Waals surface area contributed by atoms with E-state index in [1.54, 1.807) is 35.0 Å².